The fourth-order valence-corrected chi connectivity index (χ4v) is 5.81. The highest BCUT2D eigenvalue weighted by molar-refractivity contribution is 7.99. The van der Waals surface area contributed by atoms with Crippen molar-refractivity contribution in [3.8, 4) is 5.75 Å². The Labute approximate surface area is 190 Å². The Morgan fingerprint density at radius 3 is 2.61 bits per heavy atom. The van der Waals surface area contributed by atoms with Gasteiger partial charge in [0.1, 0.15) is 16.8 Å². The summed E-state index contributed by atoms with van der Waals surface area (Å²) in [4.78, 5) is 28.3. The van der Waals surface area contributed by atoms with E-state index in [1.807, 2.05) is 0 Å². The van der Waals surface area contributed by atoms with Gasteiger partial charge in [0, 0.05) is 24.2 Å². The minimum absolute atomic E-state index is 0.00160. The first-order valence-electron chi connectivity index (χ1n) is 10.7. The van der Waals surface area contributed by atoms with Crippen LogP contribution in [0.1, 0.15) is 33.1 Å². The van der Waals surface area contributed by atoms with Crippen molar-refractivity contribution in [2.24, 2.45) is 17.8 Å². The minimum atomic E-state index is -0.587. The summed E-state index contributed by atoms with van der Waals surface area (Å²) in [5.41, 5.74) is 3.16. The van der Waals surface area contributed by atoms with Gasteiger partial charge in [-0.1, -0.05) is 37.4 Å². The fourth-order valence-electron chi connectivity index (χ4n) is 4.65. The van der Waals surface area contributed by atoms with Gasteiger partial charge in [0.05, 0.1) is 5.02 Å². The van der Waals surface area contributed by atoms with Crippen LogP contribution in [-0.2, 0) is 9.59 Å². The molecule has 0 spiro atoms. The van der Waals surface area contributed by atoms with Crippen molar-refractivity contribution in [3.05, 3.63) is 29.0 Å². The average molecular weight is 471 g/mol. The lowest BCUT2D eigenvalue weighted by Gasteiger charge is -2.51. The molecule has 3 saturated carbocycles. The predicted molar refractivity (Wildman–Crippen MR) is 118 cm³/mol. The third-order valence-electron chi connectivity index (χ3n) is 6.51. The maximum absolute atomic E-state index is 13.5. The minimum Gasteiger partial charge on any atom is -0.484 e. The molecule has 2 unspecified atom stereocenters. The van der Waals surface area contributed by atoms with Crippen LogP contribution in [0.15, 0.2) is 18.2 Å². The molecule has 2 bridgehead atoms. The molecule has 1 aromatic carbocycles. The number of hydrogen-bond donors (Lipinski definition) is 4. The molecule has 1 aliphatic heterocycles. The standard InChI is InChI=1S/C21H28ClFN4O3S/c1-10(2)19-20(31-27-26-19)21(29)25-17-8-16(11-5-12(17)6-11)24-18(28)9-30-13-3-4-14(22)15(23)7-13/h3-4,7,10-12,16-17,19-20,26-27H,5-6,8-9H2,1-2H3,(H,24,28)(H,25,29)/t11?,12?,16-,17+,19?,20?/m0/s1. The number of carbonyl (C=O) groups is 2. The van der Waals surface area contributed by atoms with E-state index in [0.29, 0.717) is 24.2 Å². The summed E-state index contributed by atoms with van der Waals surface area (Å²) in [5.74, 6) is 0.689. The van der Waals surface area contributed by atoms with Crippen molar-refractivity contribution >= 4 is 35.4 Å². The van der Waals surface area contributed by atoms with Gasteiger partial charge < -0.3 is 15.4 Å². The zero-order valence-electron chi connectivity index (χ0n) is 17.5. The number of fused-ring (bicyclic) bond motifs is 2. The number of hydrogen-bond acceptors (Lipinski definition) is 6. The van der Waals surface area contributed by atoms with Crippen LogP contribution in [0.25, 0.3) is 0 Å². The van der Waals surface area contributed by atoms with Crippen molar-refractivity contribution < 1.29 is 18.7 Å². The summed E-state index contributed by atoms with van der Waals surface area (Å²) in [6, 6.07) is 4.21. The first-order valence-corrected chi connectivity index (χ1v) is 11.9. The fraction of sp³-hybridized carbons (Fsp3) is 0.619. The zero-order valence-corrected chi connectivity index (χ0v) is 19.1. The van der Waals surface area contributed by atoms with Gasteiger partial charge in [-0.05, 0) is 49.1 Å². The molecule has 31 heavy (non-hydrogen) atoms. The maximum Gasteiger partial charge on any atom is 0.258 e. The average Bonchev–Trinajstić information content (AvgIpc) is 3.18. The van der Waals surface area contributed by atoms with Gasteiger partial charge >= 0.3 is 0 Å². The quantitative estimate of drug-likeness (QED) is 0.457. The number of carbonyl (C=O) groups excluding carboxylic acids is 2. The molecule has 0 radical (unpaired) electrons. The molecule has 4 aliphatic rings. The number of rotatable bonds is 7. The van der Waals surface area contributed by atoms with Crippen LogP contribution in [0.3, 0.4) is 0 Å². The Balaban J connectivity index is 1.27. The molecule has 3 aliphatic carbocycles. The molecule has 0 aromatic heterocycles. The number of ether oxygens (including phenoxy) is 1. The van der Waals surface area contributed by atoms with E-state index >= 15 is 0 Å². The molecule has 4 N–H and O–H groups in total. The lowest BCUT2D eigenvalue weighted by atomic mass is 9.60. The molecular weight excluding hydrogens is 443 g/mol. The molecule has 7 nitrogen and oxygen atoms in total. The highest BCUT2D eigenvalue weighted by Gasteiger charge is 2.48. The van der Waals surface area contributed by atoms with Gasteiger partial charge in [0.15, 0.2) is 6.61 Å². The van der Waals surface area contributed by atoms with Crippen LogP contribution in [0.2, 0.25) is 5.02 Å². The summed E-state index contributed by atoms with van der Waals surface area (Å²) in [6.07, 6.45) is 2.72. The first-order chi connectivity index (χ1) is 14.8. The van der Waals surface area contributed by atoms with E-state index in [0.717, 1.165) is 18.9 Å². The third-order valence-corrected chi connectivity index (χ3v) is 7.81. The number of benzene rings is 1. The Bertz CT molecular complexity index is 839. The maximum atomic E-state index is 13.5. The van der Waals surface area contributed by atoms with Crippen molar-refractivity contribution in [2.45, 2.75) is 56.5 Å². The molecule has 4 fully saturated rings. The second-order valence-electron chi connectivity index (χ2n) is 8.94. The van der Waals surface area contributed by atoms with Crippen LogP contribution < -0.4 is 25.6 Å². The van der Waals surface area contributed by atoms with Gasteiger partial charge in [-0.2, -0.15) is 0 Å². The number of amides is 2. The smallest absolute Gasteiger partial charge is 0.258 e. The summed E-state index contributed by atoms with van der Waals surface area (Å²) >= 11 is 7.07. The van der Waals surface area contributed by atoms with E-state index in [4.69, 9.17) is 16.3 Å². The van der Waals surface area contributed by atoms with E-state index in [9.17, 15) is 14.0 Å². The van der Waals surface area contributed by atoms with Crippen molar-refractivity contribution in [1.29, 1.82) is 0 Å². The molecule has 5 rings (SSSR count). The zero-order chi connectivity index (χ0) is 22.1. The lowest BCUT2D eigenvalue weighted by molar-refractivity contribution is -0.126. The molecular formula is C21H28ClFN4O3S. The Hall–Kier alpha value is -1.55. The monoisotopic (exact) mass is 470 g/mol. The van der Waals surface area contributed by atoms with Gasteiger partial charge in [0.2, 0.25) is 5.91 Å². The number of halogens is 2. The van der Waals surface area contributed by atoms with Crippen molar-refractivity contribution in [2.75, 3.05) is 6.61 Å². The topological polar surface area (TPSA) is 91.5 Å². The van der Waals surface area contributed by atoms with Crippen LogP contribution in [0, 0.1) is 23.6 Å². The van der Waals surface area contributed by atoms with E-state index < -0.39 is 5.82 Å². The Kier molecular flexibility index (Phi) is 6.95. The van der Waals surface area contributed by atoms with Crippen molar-refractivity contribution in [3.63, 3.8) is 0 Å². The summed E-state index contributed by atoms with van der Waals surface area (Å²) in [5, 5.41) is 6.09. The lowest BCUT2D eigenvalue weighted by Crippen LogP contribution is -2.61. The second kappa shape index (κ2) is 9.52. The largest absolute Gasteiger partial charge is 0.484 e. The predicted octanol–water partition coefficient (Wildman–Crippen LogP) is 2.41. The molecule has 170 valence electrons. The van der Waals surface area contributed by atoms with Gasteiger partial charge in [-0.25, -0.2) is 14.6 Å². The highest BCUT2D eigenvalue weighted by atomic mass is 35.5. The van der Waals surface area contributed by atoms with E-state index in [-0.39, 0.29) is 52.6 Å². The molecule has 1 saturated heterocycles. The van der Waals surface area contributed by atoms with Gasteiger partial charge in [-0.15, -0.1) is 0 Å². The van der Waals surface area contributed by atoms with E-state index in [1.165, 1.54) is 24.1 Å². The molecule has 1 heterocycles. The summed E-state index contributed by atoms with van der Waals surface area (Å²) in [6.45, 7) is 3.99. The Morgan fingerprint density at radius 1 is 1.23 bits per heavy atom. The van der Waals surface area contributed by atoms with Crippen LogP contribution in [0.4, 0.5) is 4.39 Å². The normalized spacial score (nSPS) is 31.8. The number of nitrogens with one attached hydrogen (secondary N) is 4. The summed E-state index contributed by atoms with van der Waals surface area (Å²) < 4.78 is 18.9. The van der Waals surface area contributed by atoms with Gasteiger partial charge in [-0.3, -0.25) is 9.59 Å². The summed E-state index contributed by atoms with van der Waals surface area (Å²) in [7, 11) is 0. The SMILES string of the molecule is CC(C)C1NNSC1C(=O)N[C@@H]1C[C@H](NC(=O)COc2ccc(Cl)c(F)c2)C2CC1C2. The molecule has 1 aromatic rings. The van der Waals surface area contributed by atoms with Crippen LogP contribution in [-0.4, -0.2) is 41.8 Å². The molecule has 4 atom stereocenters. The highest BCUT2D eigenvalue weighted by Crippen LogP contribution is 2.46. The van der Waals surface area contributed by atoms with Gasteiger partial charge in [0.25, 0.3) is 5.91 Å². The number of hydrazine groups is 1. The van der Waals surface area contributed by atoms with Crippen molar-refractivity contribution in [1.82, 2.24) is 20.9 Å². The van der Waals surface area contributed by atoms with Crippen LogP contribution in [0.5, 0.6) is 5.75 Å². The molecule has 2 amide bonds. The Morgan fingerprint density at radius 2 is 1.94 bits per heavy atom. The molecule has 10 heteroatoms. The van der Waals surface area contributed by atoms with Crippen LogP contribution >= 0.6 is 23.5 Å². The second-order valence-corrected chi connectivity index (χ2v) is 10.3. The third kappa shape index (κ3) is 5.10. The first kappa shape index (κ1) is 22.6. The van der Waals surface area contributed by atoms with E-state index in [2.05, 4.69) is 34.7 Å². The van der Waals surface area contributed by atoms with E-state index in [1.54, 1.807) is 0 Å².